The first kappa shape index (κ1) is 27.2. The number of H-pyrrole nitrogens is 1. The normalized spacial score (nSPS) is 24.6. The molecule has 1 aliphatic heterocycles. The SMILES string of the molecule is CC(C)OC(=O)[C@H](C)N[P@](=O)(OC[C@H]1SC(n2ccc(=O)[nH]c2=O)[C@H](O)[C@@H]1O)Oc1ccccc1. The van der Waals surface area contributed by atoms with Crippen molar-refractivity contribution < 1.29 is 33.4 Å². The number of benzene rings is 1. The van der Waals surface area contributed by atoms with Gasteiger partial charge in [0.15, 0.2) is 0 Å². The fourth-order valence-electron chi connectivity index (χ4n) is 3.23. The molecule has 1 unspecified atom stereocenters. The molecule has 0 amide bonds. The summed E-state index contributed by atoms with van der Waals surface area (Å²) in [7, 11) is -4.17. The van der Waals surface area contributed by atoms with E-state index in [0.29, 0.717) is 0 Å². The Balaban J connectivity index is 1.75. The molecule has 2 heterocycles. The second-order valence-electron chi connectivity index (χ2n) is 8.10. The van der Waals surface area contributed by atoms with Crippen molar-refractivity contribution in [2.45, 2.75) is 55.7 Å². The number of aromatic amines is 1. The average Bonchev–Trinajstić information content (AvgIpc) is 3.06. The minimum absolute atomic E-state index is 0.213. The van der Waals surface area contributed by atoms with Crippen LogP contribution in [0.3, 0.4) is 0 Å². The first-order valence-corrected chi connectivity index (χ1v) is 13.3. The van der Waals surface area contributed by atoms with Gasteiger partial charge in [0.05, 0.1) is 24.1 Å². The molecule has 35 heavy (non-hydrogen) atoms. The van der Waals surface area contributed by atoms with Crippen LogP contribution in [0.5, 0.6) is 5.75 Å². The number of para-hydroxylation sites is 1. The van der Waals surface area contributed by atoms with Crippen LogP contribution in [-0.2, 0) is 18.6 Å². The van der Waals surface area contributed by atoms with Crippen LogP contribution in [0.4, 0.5) is 0 Å². The zero-order valence-corrected chi connectivity index (χ0v) is 21.0. The molecule has 0 saturated carbocycles. The number of carbonyl (C=O) groups is 1. The van der Waals surface area contributed by atoms with Crippen LogP contribution in [0.15, 0.2) is 52.2 Å². The van der Waals surface area contributed by atoms with Crippen LogP contribution < -0.4 is 20.9 Å². The molecule has 1 saturated heterocycles. The number of aromatic nitrogens is 2. The van der Waals surface area contributed by atoms with Gasteiger partial charge in [0.2, 0.25) is 0 Å². The molecule has 192 valence electrons. The number of thioether (sulfide) groups is 1. The van der Waals surface area contributed by atoms with Crippen LogP contribution in [0.2, 0.25) is 0 Å². The monoisotopic (exact) mass is 529 g/mol. The Bertz CT molecular complexity index is 1170. The van der Waals surface area contributed by atoms with E-state index in [1.54, 1.807) is 44.2 Å². The summed E-state index contributed by atoms with van der Waals surface area (Å²) in [5.41, 5.74) is -1.35. The van der Waals surface area contributed by atoms with E-state index in [-0.39, 0.29) is 18.5 Å². The van der Waals surface area contributed by atoms with Crippen molar-refractivity contribution in [1.82, 2.24) is 14.6 Å². The molecule has 1 aromatic carbocycles. The predicted molar refractivity (Wildman–Crippen MR) is 128 cm³/mol. The van der Waals surface area contributed by atoms with E-state index in [0.717, 1.165) is 22.4 Å². The molecular formula is C21H28N3O9PS. The van der Waals surface area contributed by atoms with E-state index in [1.165, 1.54) is 13.1 Å². The predicted octanol–water partition coefficient (Wildman–Crippen LogP) is 1.01. The molecule has 0 aliphatic carbocycles. The van der Waals surface area contributed by atoms with Gasteiger partial charge in [0.25, 0.3) is 5.56 Å². The van der Waals surface area contributed by atoms with Crippen molar-refractivity contribution in [1.29, 1.82) is 0 Å². The molecule has 1 aliphatic rings. The van der Waals surface area contributed by atoms with Gasteiger partial charge in [-0.15, -0.1) is 11.8 Å². The quantitative estimate of drug-likeness (QED) is 0.256. The Morgan fingerprint density at radius 3 is 2.49 bits per heavy atom. The van der Waals surface area contributed by atoms with Crippen molar-refractivity contribution in [2.75, 3.05) is 6.61 Å². The Hall–Kier alpha value is -2.41. The lowest BCUT2D eigenvalue weighted by molar-refractivity contribution is -0.149. The van der Waals surface area contributed by atoms with E-state index < -0.39 is 53.8 Å². The third-order valence-corrected chi connectivity index (χ3v) is 8.09. The standard InChI is InChI=1S/C21H28N3O9PS/c1-12(2)32-20(28)13(3)23-34(30,33-14-7-5-4-6-8-14)31-11-15-17(26)18(27)19(35-15)24-10-9-16(25)22-21(24)29/h4-10,12-13,15,17-19,26-27H,11H2,1-3H3,(H,23,30)(H,22,25,29)/t13-,15+,17+,18+,19?,34-/m0/s1. The van der Waals surface area contributed by atoms with Crippen LogP contribution in [0, 0.1) is 0 Å². The van der Waals surface area contributed by atoms with Crippen LogP contribution in [0.1, 0.15) is 26.1 Å². The van der Waals surface area contributed by atoms with Crippen LogP contribution in [0.25, 0.3) is 0 Å². The maximum Gasteiger partial charge on any atom is 0.459 e. The summed E-state index contributed by atoms with van der Waals surface area (Å²) in [6.07, 6.45) is -1.90. The van der Waals surface area contributed by atoms with Gasteiger partial charge >= 0.3 is 19.4 Å². The first-order chi connectivity index (χ1) is 16.5. The molecule has 4 N–H and O–H groups in total. The van der Waals surface area contributed by atoms with E-state index in [9.17, 15) is 29.2 Å². The molecule has 6 atom stereocenters. The van der Waals surface area contributed by atoms with Gasteiger partial charge in [0, 0.05) is 12.3 Å². The molecule has 0 spiro atoms. The molecule has 0 bridgehead atoms. The lowest BCUT2D eigenvalue weighted by Gasteiger charge is -2.25. The fourth-order valence-corrected chi connectivity index (χ4v) is 6.29. The summed E-state index contributed by atoms with van der Waals surface area (Å²) < 4.78 is 30.9. The third-order valence-electron chi connectivity index (χ3n) is 4.90. The molecule has 12 nitrogen and oxygen atoms in total. The highest BCUT2D eigenvalue weighted by molar-refractivity contribution is 8.00. The van der Waals surface area contributed by atoms with E-state index >= 15 is 0 Å². The van der Waals surface area contributed by atoms with Crippen molar-refractivity contribution in [3.05, 3.63) is 63.4 Å². The first-order valence-electron chi connectivity index (χ1n) is 10.8. The largest absolute Gasteiger partial charge is 0.462 e. The Morgan fingerprint density at radius 2 is 1.86 bits per heavy atom. The van der Waals surface area contributed by atoms with Crippen molar-refractivity contribution in [3.63, 3.8) is 0 Å². The van der Waals surface area contributed by atoms with Crippen molar-refractivity contribution >= 4 is 25.5 Å². The zero-order valence-electron chi connectivity index (χ0n) is 19.3. The number of aliphatic hydroxyl groups excluding tert-OH is 2. The van der Waals surface area contributed by atoms with Crippen LogP contribution >= 0.6 is 19.5 Å². The van der Waals surface area contributed by atoms with Gasteiger partial charge in [0.1, 0.15) is 23.3 Å². The zero-order chi connectivity index (χ0) is 25.8. The Labute approximate surface area is 205 Å². The highest BCUT2D eigenvalue weighted by Gasteiger charge is 2.45. The minimum atomic E-state index is -4.17. The molecule has 0 radical (unpaired) electrons. The number of esters is 1. The summed E-state index contributed by atoms with van der Waals surface area (Å²) >= 11 is 1.00. The number of nitrogens with zero attached hydrogens (tertiary/aromatic N) is 1. The lowest BCUT2D eigenvalue weighted by atomic mass is 10.1. The number of hydrogen-bond donors (Lipinski definition) is 4. The molecule has 1 fully saturated rings. The third kappa shape index (κ3) is 7.06. The van der Waals surface area contributed by atoms with Gasteiger partial charge in [-0.05, 0) is 32.9 Å². The van der Waals surface area contributed by atoms with E-state index in [2.05, 4.69) is 10.1 Å². The van der Waals surface area contributed by atoms with E-state index in [1.807, 2.05) is 0 Å². The maximum atomic E-state index is 13.6. The summed E-state index contributed by atoms with van der Waals surface area (Å²) in [5, 5.41) is 21.8. The molecular weight excluding hydrogens is 501 g/mol. The smallest absolute Gasteiger partial charge is 0.459 e. The lowest BCUT2D eigenvalue weighted by Crippen LogP contribution is -2.38. The number of hydrogen-bond acceptors (Lipinski definition) is 10. The number of ether oxygens (including phenoxy) is 1. The number of carbonyl (C=O) groups excluding carboxylic acids is 1. The van der Waals surface area contributed by atoms with Gasteiger partial charge in [-0.2, -0.15) is 5.09 Å². The molecule has 3 rings (SSSR count). The summed E-state index contributed by atoms with van der Waals surface area (Å²) in [4.78, 5) is 37.8. The number of rotatable bonds is 10. The number of aliphatic hydroxyl groups is 2. The van der Waals surface area contributed by atoms with E-state index in [4.69, 9.17) is 13.8 Å². The van der Waals surface area contributed by atoms with Gasteiger partial charge < -0.3 is 19.5 Å². The second kappa shape index (κ2) is 11.5. The topological polar surface area (TPSA) is 169 Å². The minimum Gasteiger partial charge on any atom is -0.462 e. The maximum absolute atomic E-state index is 13.6. The van der Waals surface area contributed by atoms with Gasteiger partial charge in [-0.3, -0.25) is 23.7 Å². The highest BCUT2D eigenvalue weighted by Crippen LogP contribution is 2.48. The Morgan fingerprint density at radius 1 is 1.17 bits per heavy atom. The summed E-state index contributed by atoms with van der Waals surface area (Å²) in [6.45, 7) is 4.43. The average molecular weight is 530 g/mol. The molecule has 14 heteroatoms. The second-order valence-corrected chi connectivity index (χ2v) is 11.2. The van der Waals surface area contributed by atoms with Gasteiger partial charge in [-0.25, -0.2) is 9.36 Å². The highest BCUT2D eigenvalue weighted by atomic mass is 32.2. The molecule has 1 aromatic heterocycles. The molecule has 2 aromatic rings. The summed E-state index contributed by atoms with van der Waals surface area (Å²) in [5.74, 6) is -0.450. The van der Waals surface area contributed by atoms with Crippen LogP contribution in [-0.4, -0.2) is 61.9 Å². The van der Waals surface area contributed by atoms with Gasteiger partial charge in [-0.1, -0.05) is 18.2 Å². The van der Waals surface area contributed by atoms with Crippen molar-refractivity contribution in [3.8, 4) is 5.75 Å². The summed E-state index contributed by atoms with van der Waals surface area (Å²) in [6, 6.07) is 8.23. The fraction of sp³-hybridized carbons (Fsp3) is 0.476. The van der Waals surface area contributed by atoms with Crippen molar-refractivity contribution in [2.24, 2.45) is 0 Å². The Kier molecular flexibility index (Phi) is 8.97. The number of nitrogens with one attached hydrogen (secondary N) is 2.